The van der Waals surface area contributed by atoms with Gasteiger partial charge in [0.15, 0.2) is 0 Å². The molecule has 0 spiro atoms. The van der Waals surface area contributed by atoms with E-state index in [1.54, 1.807) is 11.3 Å². The summed E-state index contributed by atoms with van der Waals surface area (Å²) in [5, 5.41) is 6.17. The maximum Gasteiger partial charge on any atom is 0.230 e. The molecule has 0 aliphatic heterocycles. The number of anilines is 1. The van der Waals surface area contributed by atoms with E-state index in [2.05, 4.69) is 58.3 Å². The van der Waals surface area contributed by atoms with Gasteiger partial charge in [0.25, 0.3) is 0 Å². The zero-order valence-corrected chi connectivity index (χ0v) is 13.2. The molecule has 1 aromatic carbocycles. The first kappa shape index (κ1) is 12.7. The van der Waals surface area contributed by atoms with Gasteiger partial charge in [-0.25, -0.2) is 0 Å². The summed E-state index contributed by atoms with van der Waals surface area (Å²) >= 11 is 3.97. The third-order valence-corrected chi connectivity index (χ3v) is 4.69. The SMILES string of the molecule is Cc1ccc(-c2c(-c3csc(I)c3)noc2N)cc1. The van der Waals surface area contributed by atoms with Crippen molar-refractivity contribution >= 4 is 39.8 Å². The maximum absolute atomic E-state index is 5.93. The maximum atomic E-state index is 5.93. The van der Waals surface area contributed by atoms with Gasteiger partial charge in [-0.3, -0.25) is 0 Å². The minimum atomic E-state index is 0.361. The Hall–Kier alpha value is -1.34. The summed E-state index contributed by atoms with van der Waals surface area (Å²) in [5.41, 5.74) is 10.9. The van der Waals surface area contributed by atoms with Crippen LogP contribution in [0.5, 0.6) is 0 Å². The van der Waals surface area contributed by atoms with E-state index in [9.17, 15) is 0 Å². The van der Waals surface area contributed by atoms with E-state index in [1.807, 2.05) is 12.1 Å². The van der Waals surface area contributed by atoms with Crippen LogP contribution in [0, 0.1) is 9.81 Å². The van der Waals surface area contributed by atoms with Gasteiger partial charge < -0.3 is 10.3 Å². The third-order valence-electron chi connectivity index (χ3n) is 2.90. The van der Waals surface area contributed by atoms with Crippen LogP contribution < -0.4 is 5.73 Å². The molecule has 0 saturated carbocycles. The molecular formula is C14H11IN2OS. The lowest BCUT2D eigenvalue weighted by atomic mass is 10.0. The van der Waals surface area contributed by atoms with E-state index in [0.717, 1.165) is 22.4 Å². The minimum absolute atomic E-state index is 0.361. The number of nitrogens with zero attached hydrogens (tertiary/aromatic N) is 1. The van der Waals surface area contributed by atoms with Gasteiger partial charge in [-0.15, -0.1) is 11.3 Å². The van der Waals surface area contributed by atoms with E-state index in [1.165, 1.54) is 8.45 Å². The predicted molar refractivity (Wildman–Crippen MR) is 87.1 cm³/mol. The second-order valence-corrected chi connectivity index (χ2v) is 7.08. The standard InChI is InChI=1S/C14H11IN2OS/c1-8-2-4-9(5-3-8)12-13(17-18-14(12)16)10-6-11(15)19-7-10/h2-7H,16H2,1H3. The van der Waals surface area contributed by atoms with Crippen LogP contribution in [0.4, 0.5) is 5.88 Å². The van der Waals surface area contributed by atoms with E-state index in [4.69, 9.17) is 10.3 Å². The molecule has 0 amide bonds. The molecule has 2 N–H and O–H groups in total. The Bertz CT molecular complexity index is 715. The Morgan fingerprint density at radius 2 is 1.95 bits per heavy atom. The fourth-order valence-electron chi connectivity index (χ4n) is 1.93. The summed E-state index contributed by atoms with van der Waals surface area (Å²) in [6.45, 7) is 2.06. The van der Waals surface area contributed by atoms with Crippen molar-refractivity contribution in [2.75, 3.05) is 5.73 Å². The van der Waals surface area contributed by atoms with Gasteiger partial charge in [-0.2, -0.15) is 0 Å². The highest BCUT2D eigenvalue weighted by Crippen LogP contribution is 2.37. The first-order valence-electron chi connectivity index (χ1n) is 5.72. The highest BCUT2D eigenvalue weighted by molar-refractivity contribution is 14.1. The molecule has 0 aliphatic carbocycles. The van der Waals surface area contributed by atoms with Crippen molar-refractivity contribution in [3.8, 4) is 22.4 Å². The van der Waals surface area contributed by atoms with Crippen LogP contribution >= 0.6 is 33.9 Å². The van der Waals surface area contributed by atoms with Crippen molar-refractivity contribution in [1.29, 1.82) is 0 Å². The molecule has 3 rings (SSSR count). The summed E-state index contributed by atoms with van der Waals surface area (Å²) in [7, 11) is 0. The Labute approximate surface area is 128 Å². The van der Waals surface area contributed by atoms with Gasteiger partial charge in [0.2, 0.25) is 5.88 Å². The highest BCUT2D eigenvalue weighted by atomic mass is 127. The zero-order chi connectivity index (χ0) is 13.4. The van der Waals surface area contributed by atoms with Gasteiger partial charge in [-0.05, 0) is 41.1 Å². The van der Waals surface area contributed by atoms with Gasteiger partial charge >= 0.3 is 0 Å². The number of benzene rings is 1. The second kappa shape index (κ2) is 4.97. The van der Waals surface area contributed by atoms with E-state index in [-0.39, 0.29) is 0 Å². The number of aromatic nitrogens is 1. The predicted octanol–water partition coefficient (Wildman–Crippen LogP) is 4.57. The number of hydrogen-bond acceptors (Lipinski definition) is 4. The van der Waals surface area contributed by atoms with Gasteiger partial charge in [-0.1, -0.05) is 35.0 Å². The molecular weight excluding hydrogens is 371 g/mol. The number of rotatable bonds is 2. The number of halogens is 1. The average Bonchev–Trinajstić information content (AvgIpc) is 2.97. The smallest absolute Gasteiger partial charge is 0.230 e. The van der Waals surface area contributed by atoms with Gasteiger partial charge in [0.05, 0.1) is 8.45 Å². The van der Waals surface area contributed by atoms with Crippen molar-refractivity contribution in [2.24, 2.45) is 0 Å². The Morgan fingerprint density at radius 1 is 1.21 bits per heavy atom. The van der Waals surface area contributed by atoms with Crippen LogP contribution in [-0.4, -0.2) is 5.16 Å². The second-order valence-electron chi connectivity index (χ2n) is 4.28. The van der Waals surface area contributed by atoms with Crippen LogP contribution in [0.25, 0.3) is 22.4 Å². The average molecular weight is 382 g/mol. The van der Waals surface area contributed by atoms with Crippen LogP contribution in [0.15, 0.2) is 40.2 Å². The molecule has 0 fully saturated rings. The fourth-order valence-corrected chi connectivity index (χ4v) is 3.26. The van der Waals surface area contributed by atoms with E-state index >= 15 is 0 Å². The number of thiophene rings is 1. The minimum Gasteiger partial charge on any atom is -0.367 e. The molecule has 3 aromatic rings. The molecule has 2 heterocycles. The molecule has 3 nitrogen and oxygen atoms in total. The lowest BCUT2D eigenvalue weighted by molar-refractivity contribution is 0.439. The first-order chi connectivity index (χ1) is 9.15. The Kier molecular flexibility index (Phi) is 3.32. The Morgan fingerprint density at radius 3 is 2.58 bits per heavy atom. The lowest BCUT2D eigenvalue weighted by Crippen LogP contribution is -1.87. The molecule has 0 bridgehead atoms. The van der Waals surface area contributed by atoms with Crippen molar-refractivity contribution < 1.29 is 4.52 Å². The van der Waals surface area contributed by atoms with Crippen molar-refractivity contribution in [3.63, 3.8) is 0 Å². The monoisotopic (exact) mass is 382 g/mol. The zero-order valence-electron chi connectivity index (χ0n) is 10.2. The lowest BCUT2D eigenvalue weighted by Gasteiger charge is -2.02. The molecule has 19 heavy (non-hydrogen) atoms. The molecule has 96 valence electrons. The first-order valence-corrected chi connectivity index (χ1v) is 7.67. The van der Waals surface area contributed by atoms with Crippen LogP contribution in [0.3, 0.4) is 0 Å². The number of hydrogen-bond donors (Lipinski definition) is 1. The molecule has 0 atom stereocenters. The van der Waals surface area contributed by atoms with Gasteiger partial charge in [0, 0.05) is 10.9 Å². The molecule has 2 aromatic heterocycles. The number of aryl methyl sites for hydroxylation is 1. The third kappa shape index (κ3) is 2.40. The quantitative estimate of drug-likeness (QED) is 0.661. The normalized spacial score (nSPS) is 10.8. The van der Waals surface area contributed by atoms with Crippen molar-refractivity contribution in [3.05, 3.63) is 44.2 Å². The largest absolute Gasteiger partial charge is 0.367 e. The molecule has 5 heteroatoms. The van der Waals surface area contributed by atoms with E-state index in [0.29, 0.717) is 5.88 Å². The van der Waals surface area contributed by atoms with Gasteiger partial charge in [0.1, 0.15) is 5.69 Å². The van der Waals surface area contributed by atoms with Crippen molar-refractivity contribution in [1.82, 2.24) is 5.16 Å². The Balaban J connectivity index is 2.16. The summed E-state index contributed by atoms with van der Waals surface area (Å²) in [5.74, 6) is 0.361. The topological polar surface area (TPSA) is 52.0 Å². The molecule has 0 aliphatic rings. The number of nitrogens with two attached hydrogens (primary N) is 1. The molecule has 0 unspecified atom stereocenters. The summed E-state index contributed by atoms with van der Waals surface area (Å²) in [6, 6.07) is 10.3. The van der Waals surface area contributed by atoms with Crippen LogP contribution in [-0.2, 0) is 0 Å². The molecule has 0 radical (unpaired) electrons. The summed E-state index contributed by atoms with van der Waals surface area (Å²) < 4.78 is 6.39. The van der Waals surface area contributed by atoms with Crippen molar-refractivity contribution in [2.45, 2.75) is 6.92 Å². The summed E-state index contributed by atoms with van der Waals surface area (Å²) in [6.07, 6.45) is 0. The number of nitrogen functional groups attached to an aromatic ring is 1. The highest BCUT2D eigenvalue weighted by Gasteiger charge is 2.18. The fraction of sp³-hybridized carbons (Fsp3) is 0.0714. The van der Waals surface area contributed by atoms with Crippen LogP contribution in [0.2, 0.25) is 0 Å². The van der Waals surface area contributed by atoms with Crippen LogP contribution in [0.1, 0.15) is 5.56 Å². The summed E-state index contributed by atoms with van der Waals surface area (Å²) in [4.78, 5) is 0. The molecule has 0 saturated heterocycles. The van der Waals surface area contributed by atoms with E-state index < -0.39 is 0 Å².